The van der Waals surface area contributed by atoms with Gasteiger partial charge in [-0.2, -0.15) is 0 Å². The van der Waals surface area contributed by atoms with Crippen LogP contribution in [0.25, 0.3) is 0 Å². The van der Waals surface area contributed by atoms with Gasteiger partial charge >= 0.3 is 0 Å². The lowest BCUT2D eigenvalue weighted by molar-refractivity contribution is 0.606. The second kappa shape index (κ2) is 7.47. The van der Waals surface area contributed by atoms with E-state index in [4.69, 9.17) is 5.73 Å². The average molecular weight is 285 g/mol. The van der Waals surface area contributed by atoms with Gasteiger partial charge in [0.1, 0.15) is 12.0 Å². The smallest absolute Gasteiger partial charge is 0.155 e. The lowest BCUT2D eigenvalue weighted by atomic mass is 10.1. The summed E-state index contributed by atoms with van der Waals surface area (Å²) in [5, 5.41) is 6.52. The summed E-state index contributed by atoms with van der Waals surface area (Å²) in [6.45, 7) is 5.93. The van der Waals surface area contributed by atoms with E-state index in [9.17, 15) is 0 Å². The van der Waals surface area contributed by atoms with E-state index in [1.165, 1.54) is 11.9 Å². The van der Waals surface area contributed by atoms with Crippen LogP contribution in [0.2, 0.25) is 0 Å². The molecule has 2 rings (SSSR count). The van der Waals surface area contributed by atoms with E-state index in [2.05, 4.69) is 46.6 Å². The molecule has 0 aliphatic heterocycles. The number of rotatable bonds is 7. The number of nitrogens with one attached hydrogen (secondary N) is 2. The van der Waals surface area contributed by atoms with Crippen LogP contribution in [0.4, 0.5) is 17.3 Å². The predicted octanol–water partition coefficient (Wildman–Crippen LogP) is 3.13. The van der Waals surface area contributed by atoms with Crippen molar-refractivity contribution in [2.45, 2.75) is 26.8 Å². The van der Waals surface area contributed by atoms with Crippen molar-refractivity contribution >= 4 is 17.3 Å². The zero-order valence-electron chi connectivity index (χ0n) is 12.6. The van der Waals surface area contributed by atoms with Crippen LogP contribution in [0.15, 0.2) is 36.7 Å². The summed E-state index contributed by atoms with van der Waals surface area (Å²) in [5.74, 6) is 2.01. The molecule has 1 heterocycles. The number of aromatic nitrogens is 2. The highest BCUT2D eigenvalue weighted by Crippen LogP contribution is 2.23. The molecule has 21 heavy (non-hydrogen) atoms. The summed E-state index contributed by atoms with van der Waals surface area (Å²) >= 11 is 0. The molecule has 0 aliphatic rings. The van der Waals surface area contributed by atoms with Crippen LogP contribution in [-0.2, 0) is 6.54 Å². The highest BCUT2D eigenvalue weighted by atomic mass is 15.1. The molecule has 5 heteroatoms. The second-order valence-electron chi connectivity index (χ2n) is 5.43. The Morgan fingerprint density at radius 3 is 2.38 bits per heavy atom. The first-order chi connectivity index (χ1) is 10.2. The van der Waals surface area contributed by atoms with Crippen LogP contribution < -0.4 is 16.4 Å². The van der Waals surface area contributed by atoms with E-state index in [1.807, 2.05) is 18.2 Å². The minimum Gasteiger partial charge on any atom is -0.393 e. The van der Waals surface area contributed by atoms with Crippen LogP contribution in [0.3, 0.4) is 0 Å². The third-order valence-corrected chi connectivity index (χ3v) is 3.20. The molecule has 0 radical (unpaired) electrons. The molecule has 5 nitrogen and oxygen atoms in total. The topological polar surface area (TPSA) is 75.9 Å². The zero-order chi connectivity index (χ0) is 15.1. The fourth-order valence-electron chi connectivity index (χ4n) is 1.94. The van der Waals surface area contributed by atoms with Crippen LogP contribution in [0.5, 0.6) is 0 Å². The van der Waals surface area contributed by atoms with Crippen molar-refractivity contribution in [1.82, 2.24) is 9.97 Å². The molecular weight excluding hydrogens is 262 g/mol. The summed E-state index contributed by atoms with van der Waals surface area (Å²) < 4.78 is 0. The van der Waals surface area contributed by atoms with E-state index in [0.29, 0.717) is 29.8 Å². The predicted molar refractivity (Wildman–Crippen MR) is 88.2 cm³/mol. The van der Waals surface area contributed by atoms with E-state index in [0.717, 1.165) is 13.0 Å². The van der Waals surface area contributed by atoms with Crippen molar-refractivity contribution in [2.75, 3.05) is 22.9 Å². The Kier molecular flexibility index (Phi) is 5.37. The van der Waals surface area contributed by atoms with Gasteiger partial charge in [-0.15, -0.1) is 0 Å². The van der Waals surface area contributed by atoms with Gasteiger partial charge in [0.25, 0.3) is 0 Å². The Bertz CT molecular complexity index is 554. The van der Waals surface area contributed by atoms with Gasteiger partial charge < -0.3 is 16.4 Å². The maximum atomic E-state index is 6.11. The van der Waals surface area contributed by atoms with Crippen LogP contribution in [0.1, 0.15) is 25.8 Å². The minimum atomic E-state index is 0.567. The highest BCUT2D eigenvalue weighted by molar-refractivity contribution is 5.73. The Balaban J connectivity index is 1.97. The van der Waals surface area contributed by atoms with Gasteiger partial charge in [0.2, 0.25) is 0 Å². The molecule has 0 bridgehead atoms. The molecule has 4 N–H and O–H groups in total. The fourth-order valence-corrected chi connectivity index (χ4v) is 1.94. The third kappa shape index (κ3) is 4.63. The Morgan fingerprint density at radius 1 is 1.05 bits per heavy atom. The monoisotopic (exact) mass is 285 g/mol. The van der Waals surface area contributed by atoms with Gasteiger partial charge in [0.15, 0.2) is 11.6 Å². The first-order valence-corrected chi connectivity index (χ1v) is 7.29. The fraction of sp³-hybridized carbons (Fsp3) is 0.375. The van der Waals surface area contributed by atoms with Crippen molar-refractivity contribution in [3.63, 3.8) is 0 Å². The quantitative estimate of drug-likeness (QED) is 0.728. The lowest BCUT2D eigenvalue weighted by Gasteiger charge is -2.13. The van der Waals surface area contributed by atoms with Gasteiger partial charge in [-0.3, -0.25) is 0 Å². The van der Waals surface area contributed by atoms with Crippen LogP contribution in [0, 0.1) is 5.92 Å². The normalized spacial score (nSPS) is 10.6. The molecule has 0 unspecified atom stereocenters. The molecule has 0 spiro atoms. The van der Waals surface area contributed by atoms with Crippen molar-refractivity contribution in [3.05, 3.63) is 42.2 Å². The maximum absolute atomic E-state index is 6.11. The van der Waals surface area contributed by atoms with E-state index >= 15 is 0 Å². The Hall–Kier alpha value is -2.30. The molecule has 0 saturated heterocycles. The molecule has 1 aromatic carbocycles. The first-order valence-electron chi connectivity index (χ1n) is 7.29. The molecule has 0 saturated carbocycles. The third-order valence-electron chi connectivity index (χ3n) is 3.20. The number of nitrogens with zero attached hydrogens (tertiary/aromatic N) is 2. The van der Waals surface area contributed by atoms with E-state index in [1.54, 1.807) is 0 Å². The average Bonchev–Trinajstić information content (AvgIpc) is 2.48. The molecule has 0 atom stereocenters. The summed E-state index contributed by atoms with van der Waals surface area (Å²) in [6, 6.07) is 10.1. The second-order valence-corrected chi connectivity index (χ2v) is 5.43. The Morgan fingerprint density at radius 2 is 1.71 bits per heavy atom. The van der Waals surface area contributed by atoms with Gasteiger partial charge in [0, 0.05) is 13.1 Å². The van der Waals surface area contributed by atoms with Gasteiger partial charge in [-0.25, -0.2) is 9.97 Å². The SMILES string of the molecule is CC(C)CCNc1ncnc(NCc2ccccc2)c1N. The molecule has 1 aromatic heterocycles. The largest absolute Gasteiger partial charge is 0.393 e. The summed E-state index contributed by atoms with van der Waals surface area (Å²) in [5.41, 5.74) is 7.87. The van der Waals surface area contributed by atoms with Gasteiger partial charge in [0.05, 0.1) is 0 Å². The number of anilines is 3. The number of hydrogen-bond donors (Lipinski definition) is 3. The number of nitrogen functional groups attached to an aromatic ring is 1. The molecule has 112 valence electrons. The standard InChI is InChI=1S/C16H23N5/c1-12(2)8-9-18-15-14(17)16(21-11-20-15)19-10-13-6-4-3-5-7-13/h3-7,11-12H,8-10,17H2,1-2H3,(H2,18,19,20,21). The Labute approximate surface area is 126 Å². The van der Waals surface area contributed by atoms with Crippen LogP contribution >= 0.6 is 0 Å². The van der Waals surface area contributed by atoms with E-state index < -0.39 is 0 Å². The summed E-state index contributed by atoms with van der Waals surface area (Å²) in [7, 11) is 0. The van der Waals surface area contributed by atoms with Crippen LogP contribution in [-0.4, -0.2) is 16.5 Å². The lowest BCUT2D eigenvalue weighted by Crippen LogP contribution is -2.11. The number of benzene rings is 1. The molecule has 0 aliphatic carbocycles. The van der Waals surface area contributed by atoms with Crippen molar-refractivity contribution < 1.29 is 0 Å². The summed E-state index contributed by atoms with van der Waals surface area (Å²) in [6.07, 6.45) is 2.61. The van der Waals surface area contributed by atoms with Crippen molar-refractivity contribution in [3.8, 4) is 0 Å². The zero-order valence-corrected chi connectivity index (χ0v) is 12.6. The minimum absolute atomic E-state index is 0.567. The molecule has 0 amide bonds. The summed E-state index contributed by atoms with van der Waals surface area (Å²) in [4.78, 5) is 8.41. The molecule has 2 aromatic rings. The van der Waals surface area contributed by atoms with Gasteiger partial charge in [-0.05, 0) is 17.9 Å². The van der Waals surface area contributed by atoms with Gasteiger partial charge in [-0.1, -0.05) is 44.2 Å². The van der Waals surface area contributed by atoms with Crippen molar-refractivity contribution in [2.24, 2.45) is 5.92 Å². The first kappa shape index (κ1) is 15.1. The number of nitrogens with two attached hydrogens (primary N) is 1. The highest BCUT2D eigenvalue weighted by Gasteiger charge is 2.07. The van der Waals surface area contributed by atoms with Crippen molar-refractivity contribution in [1.29, 1.82) is 0 Å². The number of hydrogen-bond acceptors (Lipinski definition) is 5. The molecular formula is C16H23N5. The maximum Gasteiger partial charge on any atom is 0.155 e. The van der Waals surface area contributed by atoms with E-state index in [-0.39, 0.29) is 0 Å². The molecule has 0 fully saturated rings.